The highest BCUT2D eigenvalue weighted by Gasteiger charge is 2.23. The number of benzene rings is 2. The third-order valence-electron chi connectivity index (χ3n) is 4.34. The van der Waals surface area contributed by atoms with Crippen molar-refractivity contribution in [2.45, 2.75) is 19.4 Å². The largest absolute Gasteiger partial charge is 0.322 e. The quantitative estimate of drug-likeness (QED) is 0.703. The summed E-state index contributed by atoms with van der Waals surface area (Å²) in [6.07, 6.45) is 0.697. The maximum absolute atomic E-state index is 12.5. The molecule has 5 heteroatoms. The average Bonchev–Trinajstić information content (AvgIpc) is 3.04. The molecule has 2 N–H and O–H groups in total. The predicted molar refractivity (Wildman–Crippen MR) is 100 cm³/mol. The Hall–Kier alpha value is -2.40. The van der Waals surface area contributed by atoms with Gasteiger partial charge >= 0.3 is 0 Å². The minimum atomic E-state index is -0.0990. The monoisotopic (exact) mass is 381 g/mol. The van der Waals surface area contributed by atoms with Gasteiger partial charge in [-0.1, -0.05) is 40.2 Å². The van der Waals surface area contributed by atoms with Crippen LogP contribution in [0.2, 0.25) is 0 Å². The van der Waals surface area contributed by atoms with Gasteiger partial charge in [-0.15, -0.1) is 0 Å². The molecule has 2 aromatic carbocycles. The van der Waals surface area contributed by atoms with E-state index in [0.717, 1.165) is 37.8 Å². The summed E-state index contributed by atoms with van der Waals surface area (Å²) in [5.74, 6) is 0. The van der Waals surface area contributed by atoms with E-state index >= 15 is 0 Å². The number of hydrogen-bond acceptors (Lipinski definition) is 3. The van der Waals surface area contributed by atoms with E-state index in [1.165, 1.54) is 0 Å². The Bertz CT molecular complexity index is 1010. The van der Waals surface area contributed by atoms with Gasteiger partial charge in [-0.2, -0.15) is 5.10 Å². The number of halogens is 1. The minimum Gasteiger partial charge on any atom is -0.322 e. The lowest BCUT2D eigenvalue weighted by Gasteiger charge is -2.10. The lowest BCUT2D eigenvalue weighted by atomic mass is 9.99. The van der Waals surface area contributed by atoms with Crippen LogP contribution in [-0.4, -0.2) is 10.7 Å². The number of aromatic amines is 1. The molecule has 0 saturated heterocycles. The van der Waals surface area contributed by atoms with Crippen molar-refractivity contribution in [2.24, 2.45) is 5.10 Å². The SMILES string of the molecule is Cc1ccc2cc(C3CC(c4ccc(Br)cc4)=NN3)c(=O)[nH]c2c1. The Morgan fingerprint density at radius 3 is 2.71 bits per heavy atom. The van der Waals surface area contributed by atoms with Crippen molar-refractivity contribution >= 4 is 32.5 Å². The van der Waals surface area contributed by atoms with Crippen LogP contribution in [0.1, 0.15) is 29.2 Å². The van der Waals surface area contributed by atoms with E-state index in [-0.39, 0.29) is 11.6 Å². The molecule has 0 bridgehead atoms. The lowest BCUT2D eigenvalue weighted by Crippen LogP contribution is -2.21. The highest BCUT2D eigenvalue weighted by atomic mass is 79.9. The maximum atomic E-state index is 12.5. The molecule has 2 heterocycles. The van der Waals surface area contributed by atoms with Gasteiger partial charge in [0.25, 0.3) is 5.56 Å². The van der Waals surface area contributed by atoms with Gasteiger partial charge in [0.2, 0.25) is 0 Å². The normalized spacial score (nSPS) is 16.9. The first kappa shape index (κ1) is 15.1. The molecule has 0 fully saturated rings. The molecule has 120 valence electrons. The highest BCUT2D eigenvalue weighted by Crippen LogP contribution is 2.25. The number of H-pyrrole nitrogens is 1. The molecule has 0 radical (unpaired) electrons. The van der Waals surface area contributed by atoms with E-state index < -0.39 is 0 Å². The molecule has 4 nitrogen and oxygen atoms in total. The van der Waals surface area contributed by atoms with Gasteiger partial charge in [-0.3, -0.25) is 4.79 Å². The number of nitrogens with one attached hydrogen (secondary N) is 2. The van der Waals surface area contributed by atoms with E-state index in [1.54, 1.807) is 0 Å². The molecule has 0 aliphatic carbocycles. The number of aryl methyl sites for hydroxylation is 1. The molecular weight excluding hydrogens is 366 g/mol. The molecule has 4 rings (SSSR count). The molecule has 1 aromatic heterocycles. The van der Waals surface area contributed by atoms with Crippen LogP contribution in [-0.2, 0) is 0 Å². The number of hydrazone groups is 1. The molecule has 3 aromatic rings. The summed E-state index contributed by atoms with van der Waals surface area (Å²) in [6, 6.07) is 16.0. The molecule has 1 aliphatic heterocycles. The van der Waals surface area contributed by atoms with Gasteiger partial charge < -0.3 is 10.4 Å². The predicted octanol–water partition coefficient (Wildman–Crippen LogP) is 4.04. The van der Waals surface area contributed by atoms with E-state index in [9.17, 15) is 4.79 Å². The van der Waals surface area contributed by atoms with Crippen LogP contribution in [0.4, 0.5) is 0 Å². The topological polar surface area (TPSA) is 57.2 Å². The number of hydrogen-bond donors (Lipinski definition) is 2. The summed E-state index contributed by atoms with van der Waals surface area (Å²) in [5.41, 5.74) is 7.82. The summed E-state index contributed by atoms with van der Waals surface area (Å²) >= 11 is 3.44. The number of rotatable bonds is 2. The second kappa shape index (κ2) is 5.91. The molecule has 1 unspecified atom stereocenters. The highest BCUT2D eigenvalue weighted by molar-refractivity contribution is 9.10. The minimum absolute atomic E-state index is 0.0575. The molecule has 24 heavy (non-hydrogen) atoms. The summed E-state index contributed by atoms with van der Waals surface area (Å²) in [6.45, 7) is 2.02. The fourth-order valence-electron chi connectivity index (χ4n) is 3.04. The van der Waals surface area contributed by atoms with Crippen molar-refractivity contribution < 1.29 is 0 Å². The Labute approximate surface area is 147 Å². The number of nitrogens with zero attached hydrogens (tertiary/aromatic N) is 1. The molecule has 0 saturated carbocycles. The Morgan fingerprint density at radius 2 is 1.92 bits per heavy atom. The van der Waals surface area contributed by atoms with Gasteiger partial charge in [0, 0.05) is 22.0 Å². The van der Waals surface area contributed by atoms with E-state index in [2.05, 4.69) is 37.5 Å². The van der Waals surface area contributed by atoms with Crippen LogP contribution < -0.4 is 11.0 Å². The van der Waals surface area contributed by atoms with Crippen molar-refractivity contribution in [3.8, 4) is 0 Å². The molecule has 1 aliphatic rings. The molecule has 0 amide bonds. The third-order valence-corrected chi connectivity index (χ3v) is 4.86. The van der Waals surface area contributed by atoms with E-state index in [4.69, 9.17) is 0 Å². The van der Waals surface area contributed by atoms with Crippen LogP contribution in [0.15, 0.2) is 62.9 Å². The molecule has 1 atom stereocenters. The Kier molecular flexibility index (Phi) is 3.73. The summed E-state index contributed by atoms with van der Waals surface area (Å²) in [5, 5.41) is 5.46. The smallest absolute Gasteiger partial charge is 0.253 e. The van der Waals surface area contributed by atoms with Gasteiger partial charge in [0.1, 0.15) is 0 Å². The number of pyridine rings is 1. The van der Waals surface area contributed by atoms with Crippen LogP contribution >= 0.6 is 15.9 Å². The summed E-state index contributed by atoms with van der Waals surface area (Å²) in [4.78, 5) is 15.5. The summed E-state index contributed by atoms with van der Waals surface area (Å²) < 4.78 is 1.04. The van der Waals surface area contributed by atoms with E-state index in [0.29, 0.717) is 6.42 Å². The standard InChI is InChI=1S/C19H16BrN3O/c1-11-2-3-13-9-15(19(24)21-16(13)8-11)18-10-17(22-23-18)12-4-6-14(20)7-5-12/h2-9,18,23H,10H2,1H3,(H,21,24). The zero-order valence-electron chi connectivity index (χ0n) is 13.1. The van der Waals surface area contributed by atoms with E-state index in [1.807, 2.05) is 49.4 Å². The maximum Gasteiger partial charge on any atom is 0.253 e. The first-order valence-corrected chi connectivity index (χ1v) is 8.61. The van der Waals surface area contributed by atoms with Crippen LogP contribution in [0.5, 0.6) is 0 Å². The Morgan fingerprint density at radius 1 is 1.12 bits per heavy atom. The second-order valence-corrected chi connectivity index (χ2v) is 7.01. The number of aromatic nitrogens is 1. The van der Waals surface area contributed by atoms with Crippen molar-refractivity contribution in [2.75, 3.05) is 0 Å². The fourth-order valence-corrected chi connectivity index (χ4v) is 3.30. The van der Waals surface area contributed by atoms with Gasteiger partial charge in [0.05, 0.1) is 11.8 Å². The Balaban J connectivity index is 1.65. The summed E-state index contributed by atoms with van der Waals surface area (Å²) in [7, 11) is 0. The van der Waals surface area contributed by atoms with Crippen LogP contribution in [0.25, 0.3) is 10.9 Å². The van der Waals surface area contributed by atoms with Gasteiger partial charge in [0.15, 0.2) is 0 Å². The third kappa shape index (κ3) is 2.76. The fraction of sp³-hybridized carbons (Fsp3) is 0.158. The first-order chi connectivity index (χ1) is 11.6. The zero-order chi connectivity index (χ0) is 16.7. The number of fused-ring (bicyclic) bond motifs is 1. The second-order valence-electron chi connectivity index (χ2n) is 6.10. The average molecular weight is 382 g/mol. The van der Waals surface area contributed by atoms with Gasteiger partial charge in [-0.25, -0.2) is 0 Å². The van der Waals surface area contributed by atoms with Crippen molar-refractivity contribution in [1.82, 2.24) is 10.4 Å². The molecular formula is C19H16BrN3O. The van der Waals surface area contributed by atoms with Gasteiger partial charge in [-0.05, 0) is 47.7 Å². The van der Waals surface area contributed by atoms with Crippen molar-refractivity contribution in [1.29, 1.82) is 0 Å². The lowest BCUT2D eigenvalue weighted by molar-refractivity contribution is 0.614. The van der Waals surface area contributed by atoms with Crippen molar-refractivity contribution in [3.05, 3.63) is 80.0 Å². The zero-order valence-corrected chi connectivity index (χ0v) is 14.7. The van der Waals surface area contributed by atoms with Crippen molar-refractivity contribution in [3.63, 3.8) is 0 Å². The molecule has 0 spiro atoms. The van der Waals surface area contributed by atoms with Crippen LogP contribution in [0, 0.1) is 6.92 Å². The first-order valence-electron chi connectivity index (χ1n) is 7.82. The van der Waals surface area contributed by atoms with Crippen LogP contribution in [0.3, 0.4) is 0 Å².